The van der Waals surface area contributed by atoms with Gasteiger partial charge in [0, 0.05) is 15.3 Å². The summed E-state index contributed by atoms with van der Waals surface area (Å²) in [5.41, 5.74) is 1.94. The predicted octanol–water partition coefficient (Wildman–Crippen LogP) is 6.65. The van der Waals surface area contributed by atoms with Gasteiger partial charge in [-0.2, -0.15) is 0 Å². The van der Waals surface area contributed by atoms with Gasteiger partial charge in [0.05, 0.1) is 17.0 Å². The summed E-state index contributed by atoms with van der Waals surface area (Å²) >= 11 is 18.1. The van der Waals surface area contributed by atoms with Crippen LogP contribution in [0.3, 0.4) is 0 Å². The van der Waals surface area contributed by atoms with Gasteiger partial charge in [-0.25, -0.2) is 0 Å². The molecule has 1 aromatic heterocycles. The van der Waals surface area contributed by atoms with Gasteiger partial charge in [0.25, 0.3) is 0 Å². The number of hydrogen-bond acceptors (Lipinski definition) is 2. The Hall–Kier alpha value is -0.740. The molecule has 0 fully saturated rings. The summed E-state index contributed by atoms with van der Waals surface area (Å²) in [6.45, 7) is 0. The highest BCUT2D eigenvalue weighted by Crippen LogP contribution is 2.44. The van der Waals surface area contributed by atoms with Crippen LogP contribution in [0.1, 0.15) is 16.5 Å². The first-order valence-electron chi connectivity index (χ1n) is 6.25. The van der Waals surface area contributed by atoms with Crippen molar-refractivity contribution in [2.24, 2.45) is 0 Å². The van der Waals surface area contributed by atoms with E-state index in [1.54, 1.807) is 24.5 Å². The van der Waals surface area contributed by atoms with Crippen molar-refractivity contribution in [2.45, 2.75) is 5.38 Å². The summed E-state index contributed by atoms with van der Waals surface area (Å²) in [7, 11) is 1.63. The Morgan fingerprint density at radius 3 is 2.71 bits per heavy atom. The van der Waals surface area contributed by atoms with E-state index in [1.165, 1.54) is 10.1 Å². The molecule has 108 valence electrons. The molecular weight excluding hydrogens is 391 g/mol. The highest BCUT2D eigenvalue weighted by atomic mass is 79.9. The minimum Gasteiger partial charge on any atom is -0.495 e. The number of hydrogen-bond donors (Lipinski definition) is 0. The molecule has 21 heavy (non-hydrogen) atoms. The molecule has 3 rings (SSSR count). The fraction of sp³-hybridized carbons (Fsp3) is 0.125. The SMILES string of the molecule is COc1c(Br)cc(Cl)cc1C(Cl)c1csc2ccccc12. The topological polar surface area (TPSA) is 9.23 Å². The third-order valence-corrected chi connectivity index (χ3v) is 5.56. The number of benzene rings is 2. The Labute approximate surface area is 145 Å². The summed E-state index contributed by atoms with van der Waals surface area (Å²) in [4.78, 5) is 0. The molecule has 1 atom stereocenters. The van der Waals surface area contributed by atoms with Crippen LogP contribution in [-0.2, 0) is 0 Å². The third kappa shape index (κ3) is 2.80. The largest absolute Gasteiger partial charge is 0.495 e. The maximum atomic E-state index is 6.73. The number of alkyl halides is 1. The molecule has 1 unspecified atom stereocenters. The minimum atomic E-state index is -0.314. The number of thiophene rings is 1. The molecule has 0 aliphatic carbocycles. The highest BCUT2D eigenvalue weighted by Gasteiger charge is 2.21. The monoisotopic (exact) mass is 400 g/mol. The predicted molar refractivity (Wildman–Crippen MR) is 95.2 cm³/mol. The van der Waals surface area contributed by atoms with E-state index in [9.17, 15) is 0 Å². The average Bonchev–Trinajstić information content (AvgIpc) is 2.89. The van der Waals surface area contributed by atoms with Crippen molar-refractivity contribution in [1.82, 2.24) is 0 Å². The lowest BCUT2D eigenvalue weighted by Gasteiger charge is -2.16. The number of halogens is 3. The van der Waals surface area contributed by atoms with Gasteiger partial charge in [0.2, 0.25) is 0 Å². The van der Waals surface area contributed by atoms with E-state index in [2.05, 4.69) is 33.4 Å². The van der Waals surface area contributed by atoms with Crippen molar-refractivity contribution in [2.75, 3.05) is 7.11 Å². The van der Waals surface area contributed by atoms with Crippen molar-refractivity contribution in [3.8, 4) is 5.75 Å². The van der Waals surface area contributed by atoms with Crippen LogP contribution in [0, 0.1) is 0 Å². The summed E-state index contributed by atoms with van der Waals surface area (Å²) in [6.07, 6.45) is 0. The molecule has 0 spiro atoms. The van der Waals surface area contributed by atoms with Crippen LogP contribution >= 0.6 is 50.5 Å². The van der Waals surface area contributed by atoms with Crippen LogP contribution in [0.4, 0.5) is 0 Å². The maximum Gasteiger partial charge on any atom is 0.138 e. The van der Waals surface area contributed by atoms with Gasteiger partial charge >= 0.3 is 0 Å². The molecule has 0 bridgehead atoms. The summed E-state index contributed by atoms with van der Waals surface area (Å²) < 4.78 is 7.50. The molecular formula is C16H11BrCl2OS. The standard InChI is InChI=1S/C16H11BrCl2OS/c1-20-16-11(6-9(18)7-13(16)17)15(19)12-8-21-14-5-3-2-4-10(12)14/h2-8,15H,1H3. The van der Waals surface area contributed by atoms with Crippen molar-refractivity contribution < 1.29 is 4.74 Å². The zero-order valence-electron chi connectivity index (χ0n) is 11.1. The van der Waals surface area contributed by atoms with Gasteiger partial charge in [-0.15, -0.1) is 22.9 Å². The Kier molecular flexibility index (Phi) is 4.46. The summed E-state index contributed by atoms with van der Waals surface area (Å²) in [5, 5.41) is 3.57. The lowest BCUT2D eigenvalue weighted by molar-refractivity contribution is 0.407. The fourth-order valence-corrected chi connectivity index (χ4v) is 4.75. The van der Waals surface area contributed by atoms with E-state index in [1.807, 2.05) is 18.2 Å². The van der Waals surface area contributed by atoms with Crippen molar-refractivity contribution in [1.29, 1.82) is 0 Å². The van der Waals surface area contributed by atoms with Gasteiger partial charge in [-0.1, -0.05) is 29.8 Å². The van der Waals surface area contributed by atoms with Gasteiger partial charge in [0.1, 0.15) is 5.75 Å². The minimum absolute atomic E-state index is 0.314. The molecule has 1 nitrogen and oxygen atoms in total. The average molecular weight is 402 g/mol. The number of rotatable bonds is 3. The van der Waals surface area contributed by atoms with Gasteiger partial charge < -0.3 is 4.74 Å². The molecule has 0 radical (unpaired) electrons. The zero-order valence-corrected chi connectivity index (χ0v) is 15.0. The molecule has 0 aliphatic rings. The molecule has 0 N–H and O–H groups in total. The van der Waals surface area contributed by atoms with E-state index in [0.717, 1.165) is 21.3 Å². The van der Waals surface area contributed by atoms with Crippen LogP contribution in [0.2, 0.25) is 5.02 Å². The first-order valence-corrected chi connectivity index (χ1v) is 8.73. The molecule has 0 saturated heterocycles. The molecule has 1 heterocycles. The first-order chi connectivity index (χ1) is 10.1. The second-order valence-corrected chi connectivity index (χ2v) is 7.20. The molecule has 0 amide bonds. The number of ether oxygens (including phenoxy) is 1. The normalized spacial score (nSPS) is 12.6. The first kappa shape index (κ1) is 15.2. The number of fused-ring (bicyclic) bond motifs is 1. The Morgan fingerprint density at radius 2 is 1.95 bits per heavy atom. The van der Waals surface area contributed by atoms with Crippen LogP contribution in [-0.4, -0.2) is 7.11 Å². The van der Waals surface area contributed by atoms with Crippen molar-refractivity contribution >= 4 is 60.6 Å². The van der Waals surface area contributed by atoms with Crippen LogP contribution < -0.4 is 4.74 Å². The molecule has 3 aromatic rings. The Morgan fingerprint density at radius 1 is 1.19 bits per heavy atom. The smallest absolute Gasteiger partial charge is 0.138 e. The molecule has 0 aliphatic heterocycles. The quantitative estimate of drug-likeness (QED) is 0.446. The van der Waals surface area contributed by atoms with Crippen LogP contribution in [0.25, 0.3) is 10.1 Å². The van der Waals surface area contributed by atoms with Crippen molar-refractivity contribution in [3.05, 3.63) is 62.4 Å². The molecule has 5 heteroatoms. The van der Waals surface area contributed by atoms with E-state index >= 15 is 0 Å². The van der Waals surface area contributed by atoms with Gasteiger partial charge in [-0.3, -0.25) is 0 Å². The third-order valence-electron chi connectivity index (χ3n) is 3.30. The van der Waals surface area contributed by atoms with E-state index in [4.69, 9.17) is 27.9 Å². The summed E-state index contributed by atoms with van der Waals surface area (Å²) in [5.74, 6) is 0.717. The zero-order chi connectivity index (χ0) is 15.0. The van der Waals surface area contributed by atoms with Crippen LogP contribution in [0.15, 0.2) is 46.3 Å². The fourth-order valence-electron chi connectivity index (χ4n) is 2.35. The Balaban J connectivity index is 2.16. The van der Waals surface area contributed by atoms with E-state index in [0.29, 0.717) is 5.02 Å². The van der Waals surface area contributed by atoms with Gasteiger partial charge in [0.15, 0.2) is 0 Å². The second kappa shape index (κ2) is 6.17. The van der Waals surface area contributed by atoms with E-state index < -0.39 is 0 Å². The lowest BCUT2D eigenvalue weighted by atomic mass is 10.0. The lowest BCUT2D eigenvalue weighted by Crippen LogP contribution is -1.98. The Bertz CT molecular complexity index is 800. The van der Waals surface area contributed by atoms with Gasteiger partial charge in [-0.05, 0) is 50.5 Å². The number of methoxy groups -OCH3 is 1. The molecule has 0 saturated carbocycles. The second-order valence-electron chi connectivity index (χ2n) is 4.56. The summed E-state index contributed by atoms with van der Waals surface area (Å²) in [6, 6.07) is 11.9. The van der Waals surface area contributed by atoms with Crippen molar-refractivity contribution in [3.63, 3.8) is 0 Å². The highest BCUT2D eigenvalue weighted by molar-refractivity contribution is 9.10. The molecule has 2 aromatic carbocycles. The van der Waals surface area contributed by atoms with Crippen LogP contribution in [0.5, 0.6) is 5.75 Å². The maximum absolute atomic E-state index is 6.73. The van der Waals surface area contributed by atoms with E-state index in [-0.39, 0.29) is 5.38 Å².